The van der Waals surface area contributed by atoms with Crippen LogP contribution in [0.3, 0.4) is 0 Å². The molecule has 1 saturated carbocycles. The molecule has 19 heteroatoms. The lowest BCUT2D eigenvalue weighted by Gasteiger charge is -2.47. The topological polar surface area (TPSA) is 190 Å². The van der Waals surface area contributed by atoms with Crippen LogP contribution in [0.4, 0.5) is 5.69 Å². The van der Waals surface area contributed by atoms with E-state index >= 15 is 9.59 Å². The number of hydrogen-bond donors (Lipinski definition) is 2. The van der Waals surface area contributed by atoms with E-state index in [1.54, 1.807) is 73.8 Å². The molecule has 1 saturated heterocycles. The average molecular weight is 937 g/mol. The fraction of sp³-hybridized carbons (Fsp3) is 0.277. The molecule has 0 spiro atoms. The Morgan fingerprint density at radius 3 is 2.29 bits per heavy atom. The van der Waals surface area contributed by atoms with Crippen molar-refractivity contribution in [2.24, 2.45) is 18.9 Å². The van der Waals surface area contributed by atoms with Crippen molar-refractivity contribution in [3.05, 3.63) is 149 Å². The van der Waals surface area contributed by atoms with Crippen LogP contribution in [-0.2, 0) is 41.6 Å². The first kappa shape index (κ1) is 44.0. The highest BCUT2D eigenvalue weighted by molar-refractivity contribution is 6.36. The van der Waals surface area contributed by atoms with Crippen molar-refractivity contribution in [3.8, 4) is 28.7 Å². The number of ether oxygens (including phenoxy) is 4. The molecule has 3 aliphatic rings. The van der Waals surface area contributed by atoms with E-state index in [0.717, 1.165) is 9.58 Å². The van der Waals surface area contributed by atoms with Crippen molar-refractivity contribution in [3.63, 3.8) is 0 Å². The number of aryl methyl sites for hydroxylation is 2. The van der Waals surface area contributed by atoms with Gasteiger partial charge in [0.25, 0.3) is 17.4 Å². The molecule has 0 radical (unpaired) electrons. The molecule has 2 aromatic heterocycles. The number of imide groups is 1. The number of phenols is 1. The Morgan fingerprint density at radius 2 is 1.59 bits per heavy atom. The zero-order valence-electron chi connectivity index (χ0n) is 36.3. The standard InChI is InChI=1S/C47H43Cl2N7O10/c1-52-37-24-41(66-5)40(65-4)23-35(37)50-34(43(52)59)17-18-53-45(61)54-19-16-29-30(13-6-25-7-15-38(57)39(20-25)64-3)47(26-8-11-28(63-2)12-9-26)31(22-36(29)56(54)46(53)62)42(58)55(44(47)60)51-33-14-10-27(48)21-32(33)49/h6-16,20-21,23-24,30-31,36,51,57H,17-19,22H2,1-5H3/t30-,31-,36+,47-/m0/s1. The van der Waals surface area contributed by atoms with Crippen LogP contribution in [0.2, 0.25) is 10.0 Å². The number of phenolic OH excluding ortho intramolecular Hbond substituents is 1. The Morgan fingerprint density at radius 1 is 0.864 bits per heavy atom. The summed E-state index contributed by atoms with van der Waals surface area (Å²) in [6, 6.07) is 18.7. The molecule has 4 aromatic carbocycles. The molecule has 17 nitrogen and oxygen atoms in total. The van der Waals surface area contributed by atoms with Gasteiger partial charge in [0.2, 0.25) is 0 Å². The summed E-state index contributed by atoms with van der Waals surface area (Å²) in [6.07, 6.45) is 5.28. The van der Waals surface area contributed by atoms with E-state index in [-0.39, 0.29) is 53.8 Å². The summed E-state index contributed by atoms with van der Waals surface area (Å²) < 4.78 is 26.9. The molecule has 0 unspecified atom stereocenters. The first-order valence-electron chi connectivity index (χ1n) is 20.8. The molecular formula is C47H43Cl2N7O10. The lowest BCUT2D eigenvalue weighted by Crippen LogP contribution is -2.54. The molecule has 340 valence electrons. The first-order chi connectivity index (χ1) is 31.7. The summed E-state index contributed by atoms with van der Waals surface area (Å²) in [7, 11) is 7.53. The van der Waals surface area contributed by atoms with Crippen molar-refractivity contribution < 1.29 is 33.6 Å². The number of aromatic nitrogens is 5. The number of carbonyl (C=O) groups excluding carboxylic acids is 2. The molecule has 2 fully saturated rings. The average Bonchev–Trinajstić information content (AvgIpc) is 3.69. The smallest absolute Gasteiger partial charge is 0.347 e. The maximum absolute atomic E-state index is 15.5. The van der Waals surface area contributed by atoms with E-state index in [0.29, 0.717) is 50.0 Å². The van der Waals surface area contributed by atoms with Crippen molar-refractivity contribution in [2.75, 3.05) is 33.9 Å². The third kappa shape index (κ3) is 6.91. The zero-order chi connectivity index (χ0) is 46.8. The Balaban J connectivity index is 1.17. The monoisotopic (exact) mass is 935 g/mol. The van der Waals surface area contributed by atoms with Gasteiger partial charge in [-0.25, -0.2) is 28.5 Å². The Labute approximate surface area is 386 Å². The highest BCUT2D eigenvalue weighted by atomic mass is 35.5. The van der Waals surface area contributed by atoms with Gasteiger partial charge in [0.15, 0.2) is 23.0 Å². The number of hydrazine groups is 1. The number of halogens is 2. The van der Waals surface area contributed by atoms with Gasteiger partial charge in [0, 0.05) is 43.1 Å². The number of amides is 2. The van der Waals surface area contributed by atoms with Crippen LogP contribution in [0.5, 0.6) is 28.7 Å². The van der Waals surface area contributed by atoms with Crippen LogP contribution in [0.15, 0.2) is 105 Å². The number of fused-ring (bicyclic) bond motifs is 5. The summed E-state index contributed by atoms with van der Waals surface area (Å²) in [6.45, 7) is -0.230. The van der Waals surface area contributed by atoms with Crippen LogP contribution in [0.1, 0.15) is 29.3 Å². The minimum Gasteiger partial charge on any atom is -0.504 e. The number of methoxy groups -OCH3 is 4. The fourth-order valence-corrected chi connectivity index (χ4v) is 10.1. The Bertz CT molecular complexity index is 3230. The molecule has 9 rings (SSSR count). The predicted molar refractivity (Wildman–Crippen MR) is 246 cm³/mol. The van der Waals surface area contributed by atoms with Crippen LogP contribution in [0, 0.1) is 11.8 Å². The van der Waals surface area contributed by atoms with Gasteiger partial charge in [-0.3, -0.25) is 19.8 Å². The number of aromatic hydroxyl groups is 1. The maximum Gasteiger partial charge on any atom is 0.347 e. The van der Waals surface area contributed by atoms with E-state index in [9.17, 15) is 19.5 Å². The molecule has 66 heavy (non-hydrogen) atoms. The number of rotatable bonds is 12. The van der Waals surface area contributed by atoms with E-state index in [2.05, 4.69) is 10.4 Å². The Hall–Kier alpha value is -7.24. The Kier molecular flexibility index (Phi) is 11.3. The number of nitrogens with one attached hydrogen (secondary N) is 1. The third-order valence-electron chi connectivity index (χ3n) is 12.9. The van der Waals surface area contributed by atoms with Gasteiger partial charge in [-0.1, -0.05) is 59.6 Å². The second-order valence-corrected chi connectivity index (χ2v) is 16.9. The maximum atomic E-state index is 15.5. The van der Waals surface area contributed by atoms with Gasteiger partial charge in [-0.2, -0.15) is 5.01 Å². The molecule has 6 aromatic rings. The van der Waals surface area contributed by atoms with E-state index in [1.807, 2.05) is 12.2 Å². The van der Waals surface area contributed by atoms with E-state index in [1.165, 1.54) is 54.5 Å². The van der Waals surface area contributed by atoms with Crippen molar-refractivity contribution >= 4 is 57.8 Å². The summed E-state index contributed by atoms with van der Waals surface area (Å²) in [5, 5.41) is 11.9. The van der Waals surface area contributed by atoms with Gasteiger partial charge in [0.05, 0.1) is 74.1 Å². The predicted octanol–water partition coefficient (Wildman–Crippen LogP) is 5.51. The largest absolute Gasteiger partial charge is 0.504 e. The summed E-state index contributed by atoms with van der Waals surface area (Å²) >= 11 is 12.8. The number of anilines is 1. The minimum absolute atomic E-state index is 0.0459. The fourth-order valence-electron chi connectivity index (χ4n) is 9.68. The van der Waals surface area contributed by atoms with Crippen LogP contribution in [-0.4, -0.2) is 73.9 Å². The number of hydrogen-bond acceptors (Lipinski definition) is 12. The molecular weight excluding hydrogens is 893 g/mol. The highest BCUT2D eigenvalue weighted by Crippen LogP contribution is 2.59. The summed E-state index contributed by atoms with van der Waals surface area (Å²) in [5.41, 5.74) is 2.71. The van der Waals surface area contributed by atoms with Crippen molar-refractivity contribution in [1.82, 2.24) is 28.5 Å². The van der Waals surface area contributed by atoms with Crippen molar-refractivity contribution in [1.29, 1.82) is 0 Å². The van der Waals surface area contributed by atoms with Crippen LogP contribution >= 0.6 is 23.2 Å². The number of benzene rings is 4. The zero-order valence-corrected chi connectivity index (χ0v) is 37.8. The molecule has 4 heterocycles. The number of allylic oxidation sites excluding steroid dienone is 3. The van der Waals surface area contributed by atoms with Gasteiger partial charge >= 0.3 is 11.4 Å². The van der Waals surface area contributed by atoms with Crippen LogP contribution < -0.4 is 41.3 Å². The molecule has 2 N–H and O–H groups in total. The van der Waals surface area contributed by atoms with Crippen LogP contribution in [0.25, 0.3) is 17.1 Å². The lowest BCUT2D eigenvalue weighted by atomic mass is 9.54. The SMILES string of the molecule is COc1ccc([C@@]23C(=O)N(Nc4ccc(Cl)cc4Cl)C(=O)[C@@H]2C[C@@H]2C(=CCn4c(=O)n(CCc5nc6cc(OC)c(OC)cc6n(C)c5=O)c(=O)n42)[C@@H]3C=Cc2ccc(O)c(OC)c2)cc1. The van der Waals surface area contributed by atoms with E-state index < -0.39 is 52.0 Å². The third-order valence-corrected chi connectivity index (χ3v) is 13.4. The van der Waals surface area contributed by atoms with Crippen molar-refractivity contribution in [2.45, 2.75) is 37.4 Å². The normalized spacial score (nSPS) is 20.0. The quantitative estimate of drug-likeness (QED) is 0.116. The molecule has 2 aliphatic heterocycles. The summed E-state index contributed by atoms with van der Waals surface area (Å²) in [4.78, 5) is 77.8. The first-order valence-corrected chi connectivity index (χ1v) is 21.5. The molecule has 4 atom stereocenters. The number of carbonyl (C=O) groups is 2. The minimum atomic E-state index is -1.61. The molecule has 1 aliphatic carbocycles. The van der Waals surface area contributed by atoms with E-state index in [4.69, 9.17) is 42.1 Å². The second kappa shape index (κ2) is 17.0. The van der Waals surface area contributed by atoms with Gasteiger partial charge in [-0.15, -0.1) is 0 Å². The van der Waals surface area contributed by atoms with Gasteiger partial charge in [0.1, 0.15) is 11.4 Å². The summed E-state index contributed by atoms with van der Waals surface area (Å²) in [5.74, 6) is -1.70. The van der Waals surface area contributed by atoms with Gasteiger partial charge < -0.3 is 28.6 Å². The second-order valence-electron chi connectivity index (χ2n) is 16.1. The molecule has 2 amide bonds. The lowest BCUT2D eigenvalue weighted by molar-refractivity contribution is -0.138. The van der Waals surface area contributed by atoms with Gasteiger partial charge in [-0.05, 0) is 65.6 Å². The highest BCUT2D eigenvalue weighted by Gasteiger charge is 2.68. The number of nitrogens with zero attached hydrogens (tertiary/aromatic N) is 6. The molecule has 0 bridgehead atoms.